The molecule has 1 unspecified atom stereocenters. The van der Waals surface area contributed by atoms with Crippen LogP contribution in [0.1, 0.15) is 55.7 Å². The number of amides is 1. The smallest absolute Gasteiger partial charge is 0.305 e. The first kappa shape index (κ1) is 22.0. The fourth-order valence-corrected chi connectivity index (χ4v) is 4.64. The van der Waals surface area contributed by atoms with E-state index in [4.69, 9.17) is 4.74 Å². The molecule has 0 aromatic carbocycles. The molecule has 3 N–H and O–H groups in total. The van der Waals surface area contributed by atoms with Crippen molar-refractivity contribution in [2.75, 3.05) is 12.4 Å². The molecular formula is C24H30N4O4. The zero-order valence-corrected chi connectivity index (χ0v) is 18.3. The van der Waals surface area contributed by atoms with E-state index < -0.39 is 12.0 Å². The van der Waals surface area contributed by atoms with Crippen LogP contribution in [0.3, 0.4) is 0 Å². The fourth-order valence-electron chi connectivity index (χ4n) is 4.64. The van der Waals surface area contributed by atoms with Crippen molar-refractivity contribution in [1.29, 1.82) is 0 Å². The Kier molecular flexibility index (Phi) is 6.87. The molecular weight excluding hydrogens is 408 g/mol. The van der Waals surface area contributed by atoms with Crippen LogP contribution in [0.15, 0.2) is 36.7 Å². The molecule has 1 fully saturated rings. The van der Waals surface area contributed by atoms with E-state index in [1.807, 2.05) is 12.3 Å². The molecule has 170 valence electrons. The number of hydrogen-bond donors (Lipinski definition) is 3. The number of aryl methyl sites for hydroxylation is 1. The van der Waals surface area contributed by atoms with Gasteiger partial charge in [-0.15, -0.1) is 0 Å². The van der Waals surface area contributed by atoms with E-state index in [1.165, 1.54) is 12.7 Å². The molecule has 0 bridgehead atoms. The predicted molar refractivity (Wildman–Crippen MR) is 119 cm³/mol. The van der Waals surface area contributed by atoms with Gasteiger partial charge in [-0.2, -0.15) is 0 Å². The molecule has 2 aromatic rings. The number of carboxylic acids is 1. The van der Waals surface area contributed by atoms with Gasteiger partial charge in [-0.25, -0.2) is 9.97 Å². The summed E-state index contributed by atoms with van der Waals surface area (Å²) in [5.74, 6) is 0.906. The Morgan fingerprint density at radius 3 is 2.81 bits per heavy atom. The van der Waals surface area contributed by atoms with Gasteiger partial charge < -0.3 is 20.5 Å². The first-order chi connectivity index (χ1) is 15.5. The van der Waals surface area contributed by atoms with Crippen LogP contribution in [-0.2, 0) is 16.0 Å². The standard InChI is InChI=1S/C24H30N4O4/c1-32-21-9-6-17(14-26-21)20(13-22(29)30)28-24(31)18-11-15(12-18)4-7-19-8-5-16-3-2-10-25-23(16)27-19/h2-3,6,9-10,14-15,18-20H,4-5,7-8,11-13H2,1H3,(H,25,27)(H,28,31)(H,29,30)/t15?,18?,19?,20-/m0/s1. The predicted octanol–water partition coefficient (Wildman–Crippen LogP) is 3.35. The van der Waals surface area contributed by atoms with Crippen LogP contribution in [0.2, 0.25) is 0 Å². The normalized spacial score (nSPS) is 22.6. The van der Waals surface area contributed by atoms with Gasteiger partial charge in [0.15, 0.2) is 0 Å². The van der Waals surface area contributed by atoms with Crippen molar-refractivity contribution in [3.63, 3.8) is 0 Å². The van der Waals surface area contributed by atoms with Crippen molar-refractivity contribution < 1.29 is 19.4 Å². The molecule has 1 aliphatic carbocycles. The lowest BCUT2D eigenvalue weighted by Crippen LogP contribution is -2.41. The van der Waals surface area contributed by atoms with Crippen molar-refractivity contribution in [2.45, 2.75) is 57.0 Å². The highest BCUT2D eigenvalue weighted by Gasteiger charge is 2.36. The maximum Gasteiger partial charge on any atom is 0.305 e. The second kappa shape index (κ2) is 9.97. The molecule has 0 saturated heterocycles. The second-order valence-electron chi connectivity index (χ2n) is 8.80. The Balaban J connectivity index is 1.23. The Morgan fingerprint density at radius 2 is 2.09 bits per heavy atom. The summed E-state index contributed by atoms with van der Waals surface area (Å²) in [5.41, 5.74) is 1.95. The number of fused-ring (bicyclic) bond motifs is 1. The number of carbonyl (C=O) groups is 2. The molecule has 3 heterocycles. The van der Waals surface area contributed by atoms with Gasteiger partial charge in [-0.05, 0) is 61.6 Å². The van der Waals surface area contributed by atoms with Gasteiger partial charge >= 0.3 is 5.97 Å². The molecule has 2 atom stereocenters. The Labute approximate surface area is 187 Å². The first-order valence-electron chi connectivity index (χ1n) is 11.2. The summed E-state index contributed by atoms with van der Waals surface area (Å²) in [5, 5.41) is 15.7. The molecule has 32 heavy (non-hydrogen) atoms. The number of carbonyl (C=O) groups excluding carboxylic acids is 1. The van der Waals surface area contributed by atoms with Crippen molar-refractivity contribution in [3.8, 4) is 5.88 Å². The van der Waals surface area contributed by atoms with Crippen LogP contribution < -0.4 is 15.4 Å². The van der Waals surface area contributed by atoms with Gasteiger partial charge in [0.1, 0.15) is 5.82 Å². The number of nitrogens with one attached hydrogen (secondary N) is 2. The lowest BCUT2D eigenvalue weighted by Gasteiger charge is -2.36. The number of pyridine rings is 2. The van der Waals surface area contributed by atoms with E-state index in [9.17, 15) is 14.7 Å². The fraction of sp³-hybridized carbons (Fsp3) is 0.500. The quantitative estimate of drug-likeness (QED) is 0.550. The SMILES string of the molecule is COc1ccc([C@H](CC(=O)O)NC(=O)C2CC(CCC3CCc4cccnc4N3)C2)cn1. The average Bonchev–Trinajstić information content (AvgIpc) is 2.77. The minimum atomic E-state index is -0.964. The molecule has 2 aromatic heterocycles. The Bertz CT molecular complexity index is 943. The van der Waals surface area contributed by atoms with Crippen LogP contribution in [0, 0.1) is 11.8 Å². The van der Waals surface area contributed by atoms with Crippen LogP contribution >= 0.6 is 0 Å². The van der Waals surface area contributed by atoms with Gasteiger partial charge in [0.25, 0.3) is 0 Å². The molecule has 2 aliphatic rings. The van der Waals surface area contributed by atoms with E-state index in [0.717, 1.165) is 44.3 Å². The summed E-state index contributed by atoms with van der Waals surface area (Å²) < 4.78 is 5.05. The number of aromatic nitrogens is 2. The Hall–Kier alpha value is -3.16. The van der Waals surface area contributed by atoms with E-state index in [0.29, 0.717) is 23.4 Å². The average molecular weight is 439 g/mol. The summed E-state index contributed by atoms with van der Waals surface area (Å²) in [4.78, 5) is 32.6. The molecule has 1 saturated carbocycles. The molecule has 8 heteroatoms. The highest BCUT2D eigenvalue weighted by Crippen LogP contribution is 2.38. The van der Waals surface area contributed by atoms with E-state index in [1.54, 1.807) is 18.3 Å². The number of aliphatic carboxylic acids is 1. The summed E-state index contributed by atoms with van der Waals surface area (Å²) in [6, 6.07) is 7.35. The zero-order chi connectivity index (χ0) is 22.5. The molecule has 8 nitrogen and oxygen atoms in total. The van der Waals surface area contributed by atoms with Crippen molar-refractivity contribution in [3.05, 3.63) is 47.8 Å². The summed E-state index contributed by atoms with van der Waals surface area (Å²) in [6.07, 6.45) is 9.24. The number of nitrogens with zero attached hydrogens (tertiary/aromatic N) is 2. The van der Waals surface area contributed by atoms with Crippen LogP contribution in [0.4, 0.5) is 5.82 Å². The minimum Gasteiger partial charge on any atom is -0.481 e. The largest absolute Gasteiger partial charge is 0.481 e. The van der Waals surface area contributed by atoms with Crippen molar-refractivity contribution in [2.24, 2.45) is 11.8 Å². The third-order valence-electron chi connectivity index (χ3n) is 6.59. The van der Waals surface area contributed by atoms with E-state index in [2.05, 4.69) is 26.7 Å². The maximum absolute atomic E-state index is 12.7. The maximum atomic E-state index is 12.7. The van der Waals surface area contributed by atoms with Gasteiger partial charge in [-0.1, -0.05) is 12.1 Å². The number of ether oxygens (including phenoxy) is 1. The van der Waals surface area contributed by atoms with Gasteiger partial charge in [0, 0.05) is 30.4 Å². The van der Waals surface area contributed by atoms with Gasteiger partial charge in [0.05, 0.1) is 19.6 Å². The van der Waals surface area contributed by atoms with Crippen LogP contribution in [0.5, 0.6) is 5.88 Å². The van der Waals surface area contributed by atoms with Crippen molar-refractivity contribution >= 4 is 17.7 Å². The van der Waals surface area contributed by atoms with E-state index in [-0.39, 0.29) is 18.2 Å². The van der Waals surface area contributed by atoms with Crippen LogP contribution in [0.25, 0.3) is 0 Å². The monoisotopic (exact) mass is 438 g/mol. The lowest BCUT2D eigenvalue weighted by atomic mass is 9.71. The third kappa shape index (κ3) is 5.36. The Morgan fingerprint density at radius 1 is 1.25 bits per heavy atom. The summed E-state index contributed by atoms with van der Waals surface area (Å²) >= 11 is 0. The third-order valence-corrected chi connectivity index (χ3v) is 6.59. The first-order valence-corrected chi connectivity index (χ1v) is 11.2. The highest BCUT2D eigenvalue weighted by atomic mass is 16.5. The number of hydrogen-bond acceptors (Lipinski definition) is 6. The van der Waals surface area contributed by atoms with Gasteiger partial charge in [0.2, 0.25) is 11.8 Å². The molecule has 1 amide bonds. The molecule has 0 spiro atoms. The zero-order valence-electron chi connectivity index (χ0n) is 18.3. The highest BCUT2D eigenvalue weighted by molar-refractivity contribution is 5.80. The number of rotatable bonds is 9. The molecule has 0 radical (unpaired) electrons. The number of anilines is 1. The number of methoxy groups -OCH3 is 1. The number of carboxylic acid groups (broad SMARTS) is 1. The summed E-state index contributed by atoms with van der Waals surface area (Å²) in [6.45, 7) is 0. The summed E-state index contributed by atoms with van der Waals surface area (Å²) in [7, 11) is 1.52. The second-order valence-corrected chi connectivity index (χ2v) is 8.80. The topological polar surface area (TPSA) is 113 Å². The molecule has 4 rings (SSSR count). The minimum absolute atomic E-state index is 0.0517. The lowest BCUT2D eigenvalue weighted by molar-refractivity contribution is -0.138. The van der Waals surface area contributed by atoms with E-state index >= 15 is 0 Å². The molecule has 1 aliphatic heterocycles. The van der Waals surface area contributed by atoms with Gasteiger partial charge in [-0.3, -0.25) is 9.59 Å². The van der Waals surface area contributed by atoms with Crippen molar-refractivity contribution in [1.82, 2.24) is 15.3 Å². The van der Waals surface area contributed by atoms with Crippen LogP contribution in [-0.4, -0.2) is 40.1 Å².